The van der Waals surface area contributed by atoms with Crippen LogP contribution in [0.15, 0.2) is 12.1 Å². The van der Waals surface area contributed by atoms with E-state index in [1.165, 1.54) is 37.8 Å². The van der Waals surface area contributed by atoms with Crippen LogP contribution in [0.5, 0.6) is 11.5 Å². The first kappa shape index (κ1) is 19.7. The zero-order valence-corrected chi connectivity index (χ0v) is 15.2. The number of carbonyl (C=O) groups excluding carboxylic acids is 1. The predicted molar refractivity (Wildman–Crippen MR) is 92.8 cm³/mol. The highest BCUT2D eigenvalue weighted by molar-refractivity contribution is 5.72. The normalized spacial score (nSPS) is 20.3. The van der Waals surface area contributed by atoms with E-state index in [2.05, 4.69) is 6.92 Å². The van der Waals surface area contributed by atoms with Crippen LogP contribution in [0.4, 0.5) is 8.78 Å². The molecule has 0 saturated heterocycles. The molecule has 1 aromatic rings. The molecule has 2 rings (SSSR count). The number of hydrogen-bond donors (Lipinski definition) is 0. The Kier molecular flexibility index (Phi) is 7.66. The standard InChI is InChI=1S/C20H28F2O3/c1-3-5-14-6-8-15(9-7-14)10-13-18(23)25-17-12-11-16(24-4-2)19(21)20(17)22/h11-12,14-15H,3-10,13H2,1-2H3. The quantitative estimate of drug-likeness (QED) is 0.447. The van der Waals surface area contributed by atoms with Crippen molar-refractivity contribution < 1.29 is 23.0 Å². The molecule has 25 heavy (non-hydrogen) atoms. The van der Waals surface area contributed by atoms with Gasteiger partial charge in [-0.05, 0) is 37.3 Å². The summed E-state index contributed by atoms with van der Waals surface area (Å²) in [6.07, 6.45) is 8.24. The molecule has 1 saturated carbocycles. The SMILES string of the molecule is CCCC1CCC(CCC(=O)Oc2ccc(OCC)c(F)c2F)CC1. The monoisotopic (exact) mass is 354 g/mol. The third kappa shape index (κ3) is 5.68. The van der Waals surface area contributed by atoms with Gasteiger partial charge < -0.3 is 9.47 Å². The van der Waals surface area contributed by atoms with E-state index in [-0.39, 0.29) is 24.5 Å². The fourth-order valence-corrected chi connectivity index (χ4v) is 3.57. The first-order valence-corrected chi connectivity index (χ1v) is 9.36. The van der Waals surface area contributed by atoms with Gasteiger partial charge in [-0.15, -0.1) is 0 Å². The van der Waals surface area contributed by atoms with Crippen molar-refractivity contribution in [3.05, 3.63) is 23.8 Å². The summed E-state index contributed by atoms with van der Waals surface area (Å²) in [5.74, 6) is -2.02. The Morgan fingerprint density at radius 1 is 1.00 bits per heavy atom. The summed E-state index contributed by atoms with van der Waals surface area (Å²) >= 11 is 0. The lowest BCUT2D eigenvalue weighted by Gasteiger charge is -2.28. The van der Waals surface area contributed by atoms with Crippen molar-refractivity contribution in [2.75, 3.05) is 6.61 Å². The minimum Gasteiger partial charge on any atom is -0.491 e. The smallest absolute Gasteiger partial charge is 0.311 e. The molecule has 140 valence electrons. The number of benzene rings is 1. The van der Waals surface area contributed by atoms with Crippen molar-refractivity contribution >= 4 is 5.97 Å². The van der Waals surface area contributed by atoms with E-state index < -0.39 is 17.6 Å². The number of hydrogen-bond acceptors (Lipinski definition) is 3. The van der Waals surface area contributed by atoms with E-state index >= 15 is 0 Å². The second-order valence-corrected chi connectivity index (χ2v) is 6.81. The van der Waals surface area contributed by atoms with Crippen LogP contribution >= 0.6 is 0 Å². The maximum absolute atomic E-state index is 13.9. The Bertz CT molecular complexity index is 566. The number of rotatable bonds is 8. The lowest BCUT2D eigenvalue weighted by Crippen LogP contribution is -2.17. The van der Waals surface area contributed by atoms with Gasteiger partial charge in [0.05, 0.1) is 6.61 Å². The molecule has 0 bridgehead atoms. The van der Waals surface area contributed by atoms with Gasteiger partial charge in [0.25, 0.3) is 0 Å². The van der Waals surface area contributed by atoms with Crippen LogP contribution in [0.3, 0.4) is 0 Å². The summed E-state index contributed by atoms with van der Waals surface area (Å²) in [4.78, 5) is 12.0. The maximum Gasteiger partial charge on any atom is 0.311 e. The molecule has 0 aliphatic heterocycles. The average Bonchev–Trinajstić information content (AvgIpc) is 2.61. The Hall–Kier alpha value is -1.65. The van der Waals surface area contributed by atoms with Crippen LogP contribution in [0, 0.1) is 23.5 Å². The average molecular weight is 354 g/mol. The van der Waals surface area contributed by atoms with Crippen LogP contribution in [-0.2, 0) is 4.79 Å². The highest BCUT2D eigenvalue weighted by Gasteiger charge is 2.22. The number of halogens is 2. The molecule has 1 aliphatic rings. The Labute approximate surface area is 148 Å². The van der Waals surface area contributed by atoms with Crippen molar-refractivity contribution in [3.63, 3.8) is 0 Å². The maximum atomic E-state index is 13.9. The molecular formula is C20H28F2O3. The van der Waals surface area contributed by atoms with Crippen LogP contribution in [-0.4, -0.2) is 12.6 Å². The summed E-state index contributed by atoms with van der Waals surface area (Å²) in [5, 5.41) is 0. The first-order valence-electron chi connectivity index (χ1n) is 9.36. The molecule has 1 fully saturated rings. The molecule has 0 heterocycles. The van der Waals surface area contributed by atoms with E-state index in [0.717, 1.165) is 25.2 Å². The number of carbonyl (C=O) groups is 1. The molecule has 5 heteroatoms. The molecule has 0 spiro atoms. The van der Waals surface area contributed by atoms with Crippen molar-refractivity contribution in [1.29, 1.82) is 0 Å². The largest absolute Gasteiger partial charge is 0.491 e. The first-order chi connectivity index (χ1) is 12.0. The number of esters is 1. The highest BCUT2D eigenvalue weighted by atomic mass is 19.2. The summed E-state index contributed by atoms with van der Waals surface area (Å²) in [6.45, 7) is 4.13. The molecule has 0 aromatic heterocycles. The van der Waals surface area contributed by atoms with E-state index in [1.54, 1.807) is 6.92 Å². The molecule has 0 radical (unpaired) electrons. The highest BCUT2D eigenvalue weighted by Crippen LogP contribution is 2.34. The molecule has 3 nitrogen and oxygen atoms in total. The zero-order valence-electron chi connectivity index (χ0n) is 15.2. The van der Waals surface area contributed by atoms with Gasteiger partial charge in [0, 0.05) is 6.42 Å². The Morgan fingerprint density at radius 2 is 1.56 bits per heavy atom. The Morgan fingerprint density at radius 3 is 2.16 bits per heavy atom. The second-order valence-electron chi connectivity index (χ2n) is 6.81. The zero-order chi connectivity index (χ0) is 18.2. The van der Waals surface area contributed by atoms with E-state index in [0.29, 0.717) is 5.92 Å². The van der Waals surface area contributed by atoms with Crippen LogP contribution < -0.4 is 9.47 Å². The van der Waals surface area contributed by atoms with Crippen molar-refractivity contribution in [2.45, 2.75) is 65.2 Å². The van der Waals surface area contributed by atoms with Crippen LogP contribution in [0.2, 0.25) is 0 Å². The molecule has 0 atom stereocenters. The molecule has 0 N–H and O–H groups in total. The van der Waals surface area contributed by atoms with Gasteiger partial charge >= 0.3 is 5.97 Å². The summed E-state index contributed by atoms with van der Waals surface area (Å²) in [7, 11) is 0. The molecular weight excluding hydrogens is 326 g/mol. The third-order valence-electron chi connectivity index (χ3n) is 4.96. The van der Waals surface area contributed by atoms with Crippen molar-refractivity contribution in [1.82, 2.24) is 0 Å². The number of ether oxygens (including phenoxy) is 2. The summed E-state index contributed by atoms with van der Waals surface area (Å²) in [6, 6.07) is 2.51. The van der Waals surface area contributed by atoms with Gasteiger partial charge in [0.2, 0.25) is 11.6 Å². The minimum atomic E-state index is -1.18. The van der Waals surface area contributed by atoms with Crippen molar-refractivity contribution in [2.24, 2.45) is 11.8 Å². The molecule has 0 amide bonds. The predicted octanol–water partition coefficient (Wildman–Crippen LogP) is 5.66. The van der Waals surface area contributed by atoms with Gasteiger partial charge in [-0.2, -0.15) is 8.78 Å². The minimum absolute atomic E-state index is 0.177. The fourth-order valence-electron chi connectivity index (χ4n) is 3.57. The van der Waals surface area contributed by atoms with E-state index in [9.17, 15) is 13.6 Å². The van der Waals surface area contributed by atoms with Crippen LogP contribution in [0.1, 0.15) is 65.2 Å². The lowest BCUT2D eigenvalue weighted by atomic mass is 9.78. The molecule has 0 unspecified atom stereocenters. The Balaban J connectivity index is 1.80. The summed E-state index contributed by atoms with van der Waals surface area (Å²) in [5.41, 5.74) is 0. The van der Waals surface area contributed by atoms with Gasteiger partial charge in [0.1, 0.15) is 0 Å². The molecule has 1 aromatic carbocycles. The third-order valence-corrected chi connectivity index (χ3v) is 4.96. The van der Waals surface area contributed by atoms with Crippen LogP contribution in [0.25, 0.3) is 0 Å². The van der Waals surface area contributed by atoms with Gasteiger partial charge in [-0.3, -0.25) is 4.79 Å². The molecule has 1 aliphatic carbocycles. The van der Waals surface area contributed by atoms with Crippen molar-refractivity contribution in [3.8, 4) is 11.5 Å². The second kappa shape index (κ2) is 9.73. The van der Waals surface area contributed by atoms with Gasteiger partial charge in [0.15, 0.2) is 11.5 Å². The van der Waals surface area contributed by atoms with Gasteiger partial charge in [-0.25, -0.2) is 0 Å². The van der Waals surface area contributed by atoms with E-state index in [4.69, 9.17) is 9.47 Å². The fraction of sp³-hybridized carbons (Fsp3) is 0.650. The van der Waals surface area contributed by atoms with E-state index in [1.807, 2.05) is 0 Å². The topological polar surface area (TPSA) is 35.5 Å². The van der Waals surface area contributed by atoms with Gasteiger partial charge in [-0.1, -0.05) is 45.4 Å². The summed E-state index contributed by atoms with van der Waals surface area (Å²) < 4.78 is 37.7. The lowest BCUT2D eigenvalue weighted by molar-refractivity contribution is -0.135.